The minimum Gasteiger partial charge on any atom is -0.410 e. The molecule has 0 bridgehead atoms. The molecule has 4 heteroatoms. The quantitative estimate of drug-likeness (QED) is 0.277. The lowest BCUT2D eigenvalue weighted by Crippen LogP contribution is -2.43. The monoisotopic (exact) mass is 408 g/mol. The summed E-state index contributed by atoms with van der Waals surface area (Å²) in [6.07, 6.45) is 12.3. The summed E-state index contributed by atoms with van der Waals surface area (Å²) in [6, 6.07) is 0. The van der Waals surface area contributed by atoms with Crippen molar-refractivity contribution in [1.82, 2.24) is 0 Å². The molecule has 0 radical (unpaired) electrons. The number of hydrogen-bond donors (Lipinski definition) is 0. The highest BCUT2D eigenvalue weighted by Gasteiger charge is 2.40. The topological polar surface area (TPSA) is 26.3 Å². The summed E-state index contributed by atoms with van der Waals surface area (Å²) < 4.78 is 6.49. The molecule has 2 nitrogen and oxygen atoms in total. The lowest BCUT2D eigenvalue weighted by Gasteiger charge is -2.37. The smallest absolute Gasteiger partial charge is 0.192 e. The first-order valence-electron chi connectivity index (χ1n) is 10.9. The van der Waals surface area contributed by atoms with Gasteiger partial charge in [0.2, 0.25) is 0 Å². The highest BCUT2D eigenvalue weighted by Crippen LogP contribution is 2.39. The molecule has 0 amide bonds. The van der Waals surface area contributed by atoms with Gasteiger partial charge in [-0.3, -0.25) is 4.79 Å². The highest BCUT2D eigenvalue weighted by molar-refractivity contribution is 6.83. The maximum atomic E-state index is 12.7. The molecule has 1 aliphatic carbocycles. The molecule has 0 aliphatic heterocycles. The molecule has 1 aliphatic rings. The Balaban J connectivity index is 2.83. The average molecular weight is 409 g/mol. The molecule has 0 spiro atoms. The summed E-state index contributed by atoms with van der Waals surface area (Å²) in [7, 11) is -3.26. The van der Waals surface area contributed by atoms with Gasteiger partial charge in [-0.25, -0.2) is 0 Å². The fraction of sp³-hybridized carbons (Fsp3) is 0.783. The van der Waals surface area contributed by atoms with E-state index in [1.165, 1.54) is 30.9 Å². The van der Waals surface area contributed by atoms with Gasteiger partial charge in [-0.15, -0.1) is 0 Å². The lowest BCUT2D eigenvalue weighted by molar-refractivity contribution is -0.115. The van der Waals surface area contributed by atoms with Crippen molar-refractivity contribution in [2.45, 2.75) is 117 Å². The number of carbonyl (C=O) groups excluding carboxylic acids is 1. The van der Waals surface area contributed by atoms with Gasteiger partial charge >= 0.3 is 0 Å². The third-order valence-corrected chi connectivity index (χ3v) is 13.0. The molecule has 0 aromatic carbocycles. The van der Waals surface area contributed by atoms with Gasteiger partial charge in [-0.1, -0.05) is 77.9 Å². The van der Waals surface area contributed by atoms with Crippen LogP contribution in [0.3, 0.4) is 0 Å². The SMILES string of the molecule is CCCCCCC=C(CC1=CC(O[Si](C)(C)C(C)(C)C)CC1=O)[Si](C)(C)C. The molecule has 1 rings (SSSR count). The van der Waals surface area contributed by atoms with Crippen LogP contribution in [0.15, 0.2) is 22.9 Å². The Morgan fingerprint density at radius 1 is 1.15 bits per heavy atom. The van der Waals surface area contributed by atoms with Gasteiger partial charge in [-0.05, 0) is 49.0 Å². The zero-order valence-corrected chi connectivity index (χ0v) is 21.5. The predicted molar refractivity (Wildman–Crippen MR) is 125 cm³/mol. The van der Waals surface area contributed by atoms with E-state index in [9.17, 15) is 4.79 Å². The molecular formula is C23H44O2Si2. The largest absolute Gasteiger partial charge is 0.410 e. The van der Waals surface area contributed by atoms with E-state index in [-0.39, 0.29) is 11.1 Å². The van der Waals surface area contributed by atoms with Crippen molar-refractivity contribution in [1.29, 1.82) is 0 Å². The van der Waals surface area contributed by atoms with Gasteiger partial charge < -0.3 is 4.43 Å². The zero-order chi connectivity index (χ0) is 20.9. The number of ketones is 1. The van der Waals surface area contributed by atoms with Gasteiger partial charge in [0.25, 0.3) is 0 Å². The number of carbonyl (C=O) groups is 1. The van der Waals surface area contributed by atoms with E-state index in [2.05, 4.69) is 72.6 Å². The van der Waals surface area contributed by atoms with Gasteiger partial charge in [0.05, 0.1) is 14.2 Å². The first-order chi connectivity index (χ1) is 12.3. The lowest BCUT2D eigenvalue weighted by atomic mass is 10.1. The Morgan fingerprint density at radius 3 is 2.30 bits per heavy atom. The molecule has 0 aromatic rings. The van der Waals surface area contributed by atoms with E-state index in [1.807, 2.05) is 0 Å². The van der Waals surface area contributed by atoms with Crippen LogP contribution in [-0.4, -0.2) is 28.3 Å². The Hall–Kier alpha value is -0.456. The summed E-state index contributed by atoms with van der Waals surface area (Å²) >= 11 is 0. The fourth-order valence-corrected chi connectivity index (χ4v) is 5.91. The van der Waals surface area contributed by atoms with E-state index in [1.54, 1.807) is 0 Å². The number of unbranched alkanes of at least 4 members (excludes halogenated alkanes) is 4. The molecule has 156 valence electrons. The van der Waals surface area contributed by atoms with E-state index in [0.29, 0.717) is 12.2 Å². The predicted octanol–water partition coefficient (Wildman–Crippen LogP) is 7.44. The van der Waals surface area contributed by atoms with Crippen molar-refractivity contribution in [3.8, 4) is 0 Å². The standard InChI is InChI=1S/C23H44O2Si2/c1-10-11-12-13-14-15-21(26(5,6)7)17-19-16-20(18-22(19)24)25-27(8,9)23(2,3)4/h15-16,20H,10-14,17-18H2,1-9H3. The number of hydrogen-bond acceptors (Lipinski definition) is 2. The van der Waals surface area contributed by atoms with Crippen molar-refractivity contribution in [3.63, 3.8) is 0 Å². The van der Waals surface area contributed by atoms with E-state index >= 15 is 0 Å². The molecule has 0 N–H and O–H groups in total. The number of rotatable bonds is 10. The third kappa shape index (κ3) is 7.82. The highest BCUT2D eigenvalue weighted by atomic mass is 28.4. The number of Topliss-reactive ketones (excluding diaryl/α,β-unsaturated/α-hetero) is 1. The van der Waals surface area contributed by atoms with Crippen LogP contribution < -0.4 is 0 Å². The molecule has 0 heterocycles. The molecule has 27 heavy (non-hydrogen) atoms. The number of allylic oxidation sites excluding steroid dienone is 3. The molecule has 0 fully saturated rings. The molecule has 0 saturated carbocycles. The fourth-order valence-electron chi connectivity index (χ4n) is 3.17. The zero-order valence-electron chi connectivity index (χ0n) is 19.5. The Labute approximate surface area is 171 Å². The van der Waals surface area contributed by atoms with E-state index in [0.717, 1.165) is 18.4 Å². The minimum absolute atomic E-state index is 0.0131. The van der Waals surface area contributed by atoms with Gasteiger partial charge in [0, 0.05) is 6.42 Å². The first-order valence-corrected chi connectivity index (χ1v) is 17.3. The van der Waals surface area contributed by atoms with Gasteiger partial charge in [0.15, 0.2) is 14.1 Å². The molecule has 0 aromatic heterocycles. The van der Waals surface area contributed by atoms with Crippen LogP contribution >= 0.6 is 0 Å². The second kappa shape index (κ2) is 9.84. The molecule has 1 unspecified atom stereocenters. The van der Waals surface area contributed by atoms with Crippen LogP contribution in [0, 0.1) is 0 Å². The third-order valence-electron chi connectivity index (χ3n) is 6.18. The Morgan fingerprint density at radius 2 is 1.78 bits per heavy atom. The van der Waals surface area contributed by atoms with Crippen molar-refractivity contribution in [2.24, 2.45) is 0 Å². The van der Waals surface area contributed by atoms with Crippen molar-refractivity contribution in [3.05, 3.63) is 22.9 Å². The van der Waals surface area contributed by atoms with Crippen LogP contribution in [0.4, 0.5) is 0 Å². The normalized spacial score (nSPS) is 19.6. The van der Waals surface area contributed by atoms with Gasteiger partial charge in [0.1, 0.15) is 0 Å². The summed E-state index contributed by atoms with van der Waals surface area (Å²) in [4.78, 5) is 12.7. The average Bonchev–Trinajstić information content (AvgIpc) is 2.82. The second-order valence-electron chi connectivity index (χ2n) is 10.7. The Kier molecular flexibility index (Phi) is 8.96. The van der Waals surface area contributed by atoms with E-state index in [4.69, 9.17) is 4.43 Å². The molecule has 0 saturated heterocycles. The minimum atomic E-state index is -1.84. The summed E-state index contributed by atoms with van der Waals surface area (Å²) in [6.45, 7) is 20.8. The first kappa shape index (κ1) is 24.6. The van der Waals surface area contributed by atoms with Crippen LogP contribution in [0.25, 0.3) is 0 Å². The van der Waals surface area contributed by atoms with Gasteiger partial charge in [-0.2, -0.15) is 0 Å². The van der Waals surface area contributed by atoms with Crippen molar-refractivity contribution < 1.29 is 9.22 Å². The van der Waals surface area contributed by atoms with Crippen LogP contribution in [-0.2, 0) is 9.22 Å². The van der Waals surface area contributed by atoms with Crippen LogP contribution in [0.1, 0.15) is 72.6 Å². The van der Waals surface area contributed by atoms with Crippen LogP contribution in [0.2, 0.25) is 37.8 Å². The maximum absolute atomic E-state index is 12.7. The van der Waals surface area contributed by atoms with Crippen molar-refractivity contribution >= 4 is 22.2 Å². The van der Waals surface area contributed by atoms with E-state index < -0.39 is 16.4 Å². The molecular weight excluding hydrogens is 364 g/mol. The maximum Gasteiger partial charge on any atom is 0.192 e. The summed E-state index contributed by atoms with van der Waals surface area (Å²) in [5, 5.41) is 1.71. The summed E-state index contributed by atoms with van der Waals surface area (Å²) in [5.41, 5.74) is 1.00. The Bertz CT molecular complexity index is 560. The van der Waals surface area contributed by atoms with Crippen LogP contribution in [0.5, 0.6) is 0 Å². The second-order valence-corrected chi connectivity index (χ2v) is 20.6. The summed E-state index contributed by atoms with van der Waals surface area (Å²) in [5.74, 6) is 0.300. The molecule has 1 atom stereocenters. The van der Waals surface area contributed by atoms with Crippen molar-refractivity contribution in [2.75, 3.05) is 0 Å².